The molecule has 4 atom stereocenters. The van der Waals surface area contributed by atoms with E-state index in [1.54, 1.807) is 10.8 Å². The number of nitrogens with one attached hydrogen (secondary N) is 5. The van der Waals surface area contributed by atoms with Crippen LogP contribution in [0.2, 0.25) is 0 Å². The van der Waals surface area contributed by atoms with E-state index >= 15 is 0 Å². The summed E-state index contributed by atoms with van der Waals surface area (Å²) in [6.07, 6.45) is 12.1. The molecule has 0 aromatic rings. The number of piperidine rings is 1. The number of hydrogen-bond donors (Lipinski definition) is 5. The zero-order valence-electron chi connectivity index (χ0n) is 20.8. The number of carbonyl (C=O) groups is 3. The van der Waals surface area contributed by atoms with Gasteiger partial charge in [0, 0.05) is 42.7 Å². The molecule has 8 nitrogen and oxygen atoms in total. The van der Waals surface area contributed by atoms with E-state index in [0.717, 1.165) is 76.1 Å². The van der Waals surface area contributed by atoms with Crippen molar-refractivity contribution in [2.75, 3.05) is 31.1 Å². The molecule has 4 unspecified atom stereocenters. The van der Waals surface area contributed by atoms with Crippen LogP contribution < -0.4 is 26.6 Å². The van der Waals surface area contributed by atoms with Crippen molar-refractivity contribution in [3.63, 3.8) is 0 Å². The van der Waals surface area contributed by atoms with Gasteiger partial charge in [-0.25, -0.2) is 4.79 Å². The third-order valence-corrected chi connectivity index (χ3v) is 10.9. The van der Waals surface area contributed by atoms with Crippen LogP contribution in [-0.4, -0.2) is 71.7 Å². The molecule has 3 aliphatic rings. The van der Waals surface area contributed by atoms with Crippen LogP contribution >= 0.6 is 33.3 Å². The highest BCUT2D eigenvalue weighted by Crippen LogP contribution is 2.33. The summed E-state index contributed by atoms with van der Waals surface area (Å²) in [6.45, 7) is 2.59. The summed E-state index contributed by atoms with van der Waals surface area (Å²) in [5.74, 6) is 2.14. The minimum Gasteiger partial charge on any atom is -0.356 e. The van der Waals surface area contributed by atoms with E-state index in [4.69, 9.17) is 0 Å². The fourth-order valence-corrected chi connectivity index (χ4v) is 8.72. The largest absolute Gasteiger partial charge is 0.356 e. The van der Waals surface area contributed by atoms with Gasteiger partial charge in [0.05, 0.1) is 17.5 Å². The molecule has 4 amide bonds. The van der Waals surface area contributed by atoms with Crippen molar-refractivity contribution in [2.24, 2.45) is 0 Å². The van der Waals surface area contributed by atoms with Gasteiger partial charge >= 0.3 is 6.03 Å². The first-order valence-electron chi connectivity index (χ1n) is 13.4. The van der Waals surface area contributed by atoms with Crippen molar-refractivity contribution in [3.05, 3.63) is 0 Å². The number of thioether (sulfide) groups is 1. The van der Waals surface area contributed by atoms with E-state index in [2.05, 4.69) is 26.6 Å². The summed E-state index contributed by atoms with van der Waals surface area (Å²) < 4.78 is 0. The monoisotopic (exact) mass is 545 g/mol. The number of fused-ring (bicyclic) bond motifs is 1. The van der Waals surface area contributed by atoms with Crippen molar-refractivity contribution in [3.8, 4) is 0 Å². The van der Waals surface area contributed by atoms with Gasteiger partial charge in [-0.05, 0) is 51.5 Å². The van der Waals surface area contributed by atoms with Crippen LogP contribution in [0, 0.1) is 0 Å². The van der Waals surface area contributed by atoms with E-state index in [1.165, 1.54) is 19.3 Å². The lowest BCUT2D eigenvalue weighted by Crippen LogP contribution is -2.36. The van der Waals surface area contributed by atoms with Crippen molar-refractivity contribution >= 4 is 51.2 Å². The summed E-state index contributed by atoms with van der Waals surface area (Å²) in [7, 11) is 3.67. The van der Waals surface area contributed by atoms with Crippen molar-refractivity contribution in [1.29, 1.82) is 0 Å². The van der Waals surface area contributed by atoms with Crippen molar-refractivity contribution in [1.82, 2.24) is 26.6 Å². The maximum atomic E-state index is 12.0. The highest BCUT2D eigenvalue weighted by molar-refractivity contribution is 8.76. The Kier molecular flexibility index (Phi) is 13.9. The molecule has 200 valence electrons. The first-order valence-corrected chi connectivity index (χ1v) is 16.8. The Hall–Kier alpha value is -0.780. The van der Waals surface area contributed by atoms with Crippen LogP contribution in [0.5, 0.6) is 0 Å². The van der Waals surface area contributed by atoms with Crippen LogP contribution in [0.15, 0.2) is 0 Å². The molecule has 11 heteroatoms. The molecular weight excluding hydrogens is 502 g/mol. The van der Waals surface area contributed by atoms with Crippen molar-refractivity contribution in [2.45, 2.75) is 99.8 Å². The van der Waals surface area contributed by atoms with Crippen LogP contribution in [0.1, 0.15) is 77.0 Å². The van der Waals surface area contributed by atoms with E-state index in [1.807, 2.05) is 22.6 Å². The van der Waals surface area contributed by atoms with Gasteiger partial charge in [0.25, 0.3) is 0 Å². The fourth-order valence-electron chi connectivity index (χ4n) is 4.68. The second kappa shape index (κ2) is 16.9. The average Bonchev–Trinajstić information content (AvgIpc) is 3.41. The maximum absolute atomic E-state index is 12.0. The van der Waals surface area contributed by atoms with Gasteiger partial charge in [0.1, 0.15) is 0 Å². The summed E-state index contributed by atoms with van der Waals surface area (Å²) in [6, 6.07) is 0.483. The van der Waals surface area contributed by atoms with Crippen LogP contribution in [0.25, 0.3) is 0 Å². The molecule has 3 heterocycles. The molecule has 3 fully saturated rings. The normalized spacial score (nSPS) is 25.5. The molecule has 0 radical (unpaired) electrons. The van der Waals surface area contributed by atoms with Gasteiger partial charge in [0.15, 0.2) is 0 Å². The van der Waals surface area contributed by atoms with Gasteiger partial charge in [-0.1, -0.05) is 40.9 Å². The Labute approximate surface area is 222 Å². The Bertz CT molecular complexity index is 666. The van der Waals surface area contributed by atoms with Crippen molar-refractivity contribution < 1.29 is 14.4 Å². The smallest absolute Gasteiger partial charge is 0.315 e. The van der Waals surface area contributed by atoms with E-state index in [9.17, 15) is 14.4 Å². The molecule has 3 rings (SSSR count). The second-order valence-corrected chi connectivity index (χ2v) is 13.6. The molecule has 3 aliphatic heterocycles. The minimum absolute atomic E-state index is 0.0405. The molecular formula is C24H43N5O3S3. The number of amides is 4. The van der Waals surface area contributed by atoms with Gasteiger partial charge < -0.3 is 26.6 Å². The zero-order valence-corrected chi connectivity index (χ0v) is 23.2. The fraction of sp³-hybridized carbons (Fsp3) is 0.875. The van der Waals surface area contributed by atoms with Crippen LogP contribution in [-0.2, 0) is 9.59 Å². The molecule has 0 bridgehead atoms. The quantitative estimate of drug-likeness (QED) is 0.108. The molecule has 3 saturated heterocycles. The van der Waals surface area contributed by atoms with Gasteiger partial charge in [0.2, 0.25) is 11.8 Å². The Morgan fingerprint density at radius 3 is 2.46 bits per heavy atom. The third-order valence-electron chi connectivity index (χ3n) is 6.69. The number of hydrogen-bond acceptors (Lipinski definition) is 7. The molecule has 0 aromatic heterocycles. The van der Waals surface area contributed by atoms with Crippen LogP contribution in [0.3, 0.4) is 0 Å². The average molecular weight is 546 g/mol. The lowest BCUT2D eigenvalue weighted by atomic mass is 10.0. The lowest BCUT2D eigenvalue weighted by Gasteiger charge is -2.21. The first kappa shape index (κ1) is 28.8. The van der Waals surface area contributed by atoms with Gasteiger partial charge in [-0.2, -0.15) is 11.8 Å². The summed E-state index contributed by atoms with van der Waals surface area (Å²) in [5.41, 5.74) is 0. The molecule has 35 heavy (non-hydrogen) atoms. The standard InChI is InChI=1S/C24H43N5O3S3/c30-20(10-4-3-9-19-23-18(17-33-19)28-24(32)29-23)25-13-6-1-2-7-14-26-21(31)12-16-34-35-22-11-5-8-15-27-22/h18-19,22-23,27H,1-17H2,(H,25,30)(H,26,31)(H2,28,29,32). The number of urea groups is 1. The SMILES string of the molecule is O=C(CCCCC1SCC2NC(=O)NC21)NCCCCCCNC(=O)CCSSC1CCCCN1. The zero-order chi connectivity index (χ0) is 24.7. The molecule has 0 aromatic carbocycles. The Morgan fingerprint density at radius 1 is 0.943 bits per heavy atom. The Morgan fingerprint density at radius 2 is 1.71 bits per heavy atom. The van der Waals surface area contributed by atoms with E-state index < -0.39 is 0 Å². The maximum Gasteiger partial charge on any atom is 0.315 e. The highest BCUT2D eigenvalue weighted by Gasteiger charge is 2.42. The predicted octanol–water partition coefficient (Wildman–Crippen LogP) is 3.38. The van der Waals surface area contributed by atoms with Crippen LogP contribution in [0.4, 0.5) is 4.79 Å². The summed E-state index contributed by atoms with van der Waals surface area (Å²) in [4.78, 5) is 35.4. The van der Waals surface area contributed by atoms with E-state index in [-0.39, 0.29) is 29.9 Å². The highest BCUT2D eigenvalue weighted by atomic mass is 33.1. The molecule has 0 aliphatic carbocycles. The number of unbranched alkanes of at least 4 members (excludes halogenated alkanes) is 4. The second-order valence-electron chi connectivity index (χ2n) is 9.59. The van der Waals surface area contributed by atoms with E-state index in [0.29, 0.717) is 23.5 Å². The van der Waals surface area contributed by atoms with Gasteiger partial charge in [-0.15, -0.1) is 0 Å². The first-order chi connectivity index (χ1) is 17.1. The predicted molar refractivity (Wildman–Crippen MR) is 149 cm³/mol. The number of rotatable bonds is 17. The minimum atomic E-state index is -0.0405. The summed E-state index contributed by atoms with van der Waals surface area (Å²) in [5, 5.41) is 16.6. The third kappa shape index (κ3) is 11.4. The molecule has 0 spiro atoms. The lowest BCUT2D eigenvalue weighted by molar-refractivity contribution is -0.121. The molecule has 5 N–H and O–H groups in total. The topological polar surface area (TPSA) is 111 Å². The van der Waals surface area contributed by atoms with Gasteiger partial charge in [-0.3, -0.25) is 9.59 Å². The summed E-state index contributed by atoms with van der Waals surface area (Å²) >= 11 is 1.93. The molecule has 0 saturated carbocycles. The number of carbonyl (C=O) groups excluding carboxylic acids is 3. The Balaban J connectivity index is 1.05.